The van der Waals surface area contributed by atoms with E-state index in [4.69, 9.17) is 0 Å². The fourth-order valence-corrected chi connectivity index (χ4v) is 2.84. The molecule has 94 valence electrons. The van der Waals surface area contributed by atoms with E-state index in [1.165, 1.54) is 18.5 Å². The average molecular weight is 251 g/mol. The van der Waals surface area contributed by atoms with Gasteiger partial charge in [-0.15, -0.1) is 0 Å². The number of aromatic nitrogens is 1. The molecule has 0 unspecified atom stereocenters. The summed E-state index contributed by atoms with van der Waals surface area (Å²) in [5.41, 5.74) is 1.34. The summed E-state index contributed by atoms with van der Waals surface area (Å²) >= 11 is 4.22. The van der Waals surface area contributed by atoms with Gasteiger partial charge in [0.1, 0.15) is 0 Å². The molecular formula is C13H21N3S. The number of pyridine rings is 1. The minimum atomic E-state index is 0.510. The third-order valence-corrected chi connectivity index (χ3v) is 3.72. The molecular weight excluding hydrogens is 230 g/mol. The molecule has 0 bridgehead atoms. The Morgan fingerprint density at radius 2 is 2.47 bits per heavy atom. The van der Waals surface area contributed by atoms with E-state index in [1.54, 1.807) is 0 Å². The van der Waals surface area contributed by atoms with Crippen molar-refractivity contribution in [2.75, 3.05) is 32.4 Å². The molecule has 2 atom stereocenters. The van der Waals surface area contributed by atoms with Gasteiger partial charge >= 0.3 is 0 Å². The van der Waals surface area contributed by atoms with Crippen molar-refractivity contribution in [1.29, 1.82) is 0 Å². The van der Waals surface area contributed by atoms with E-state index in [0.29, 0.717) is 12.0 Å². The number of nitrogens with one attached hydrogen (secondary N) is 1. The summed E-state index contributed by atoms with van der Waals surface area (Å²) in [6.07, 6.45) is 5.10. The summed E-state index contributed by atoms with van der Waals surface area (Å²) in [6.45, 7) is 3.24. The molecule has 1 aromatic heterocycles. The van der Waals surface area contributed by atoms with E-state index in [9.17, 15) is 0 Å². The lowest BCUT2D eigenvalue weighted by Gasteiger charge is -2.25. The first-order valence-corrected chi connectivity index (χ1v) is 6.88. The van der Waals surface area contributed by atoms with Crippen LogP contribution < -0.4 is 5.32 Å². The molecule has 1 aromatic rings. The Labute approximate surface area is 109 Å². The van der Waals surface area contributed by atoms with Crippen LogP contribution in [0.4, 0.5) is 0 Å². The van der Waals surface area contributed by atoms with Crippen LogP contribution in [0.3, 0.4) is 0 Å². The zero-order valence-electron chi connectivity index (χ0n) is 10.3. The molecule has 0 aromatic carbocycles. The second-order valence-corrected chi connectivity index (χ2v) is 5.14. The lowest BCUT2D eigenvalue weighted by atomic mass is 9.95. The molecule has 1 aliphatic heterocycles. The molecule has 3 nitrogen and oxygen atoms in total. The third-order valence-electron chi connectivity index (χ3n) is 3.50. The molecule has 2 heterocycles. The molecule has 0 radical (unpaired) electrons. The summed E-state index contributed by atoms with van der Waals surface area (Å²) in [7, 11) is 2.20. The van der Waals surface area contributed by atoms with Gasteiger partial charge in [0, 0.05) is 30.7 Å². The Kier molecular flexibility index (Phi) is 4.83. The van der Waals surface area contributed by atoms with Crippen molar-refractivity contribution >= 4 is 12.6 Å². The summed E-state index contributed by atoms with van der Waals surface area (Å²) in [4.78, 5) is 6.67. The number of likely N-dealkylation sites (tertiary alicyclic amines) is 1. The molecule has 1 fully saturated rings. The summed E-state index contributed by atoms with van der Waals surface area (Å²) < 4.78 is 0. The fraction of sp³-hybridized carbons (Fsp3) is 0.615. The highest BCUT2D eigenvalue weighted by Gasteiger charge is 2.32. The summed E-state index contributed by atoms with van der Waals surface area (Å²) in [6, 6.07) is 4.72. The van der Waals surface area contributed by atoms with Crippen molar-refractivity contribution in [2.45, 2.75) is 12.5 Å². The van der Waals surface area contributed by atoms with E-state index >= 15 is 0 Å². The quantitative estimate of drug-likeness (QED) is 0.615. The van der Waals surface area contributed by atoms with Crippen molar-refractivity contribution in [3.8, 4) is 0 Å². The second kappa shape index (κ2) is 6.38. The largest absolute Gasteiger partial charge is 0.316 e. The smallest absolute Gasteiger partial charge is 0.0401 e. The zero-order chi connectivity index (χ0) is 12.1. The van der Waals surface area contributed by atoms with Crippen LogP contribution >= 0.6 is 12.6 Å². The van der Waals surface area contributed by atoms with Gasteiger partial charge in [-0.25, -0.2) is 0 Å². The van der Waals surface area contributed by atoms with Crippen LogP contribution in [-0.4, -0.2) is 42.3 Å². The Morgan fingerprint density at radius 1 is 1.59 bits per heavy atom. The molecule has 2 rings (SSSR count). The van der Waals surface area contributed by atoms with Crippen LogP contribution in [0.2, 0.25) is 0 Å². The van der Waals surface area contributed by atoms with Gasteiger partial charge in [-0.2, -0.15) is 12.6 Å². The first-order chi connectivity index (χ1) is 8.33. The maximum atomic E-state index is 4.24. The first-order valence-electron chi connectivity index (χ1n) is 6.24. The molecule has 0 aliphatic carbocycles. The van der Waals surface area contributed by atoms with E-state index < -0.39 is 0 Å². The molecule has 1 N–H and O–H groups in total. The van der Waals surface area contributed by atoms with Gasteiger partial charge in [0.15, 0.2) is 0 Å². The highest BCUT2D eigenvalue weighted by Crippen LogP contribution is 2.35. The number of rotatable bonds is 5. The standard InChI is InChI=1S/C13H21N3S/c1-16-7-4-12(10-15-6-8-17)13(16)11-3-2-5-14-9-11/h2-3,5,9,12-13,15,17H,4,6-8,10H2,1H3/t12-,13-/m1/s1. The molecule has 4 heteroatoms. The van der Waals surface area contributed by atoms with E-state index in [0.717, 1.165) is 18.8 Å². The second-order valence-electron chi connectivity index (χ2n) is 4.69. The molecule has 1 saturated heterocycles. The monoisotopic (exact) mass is 251 g/mol. The van der Waals surface area contributed by atoms with Gasteiger partial charge in [-0.1, -0.05) is 6.07 Å². The third kappa shape index (κ3) is 3.21. The lowest BCUT2D eigenvalue weighted by Crippen LogP contribution is -2.29. The molecule has 17 heavy (non-hydrogen) atoms. The number of nitrogens with zero attached hydrogens (tertiary/aromatic N) is 2. The topological polar surface area (TPSA) is 28.2 Å². The highest BCUT2D eigenvalue weighted by molar-refractivity contribution is 7.80. The summed E-state index contributed by atoms with van der Waals surface area (Å²) in [5.74, 6) is 1.59. The van der Waals surface area contributed by atoms with Crippen LogP contribution in [0.25, 0.3) is 0 Å². The van der Waals surface area contributed by atoms with Crippen molar-refractivity contribution in [1.82, 2.24) is 15.2 Å². The van der Waals surface area contributed by atoms with Gasteiger partial charge in [-0.3, -0.25) is 9.88 Å². The molecule has 0 saturated carbocycles. The average Bonchev–Trinajstić information content (AvgIpc) is 2.72. The zero-order valence-corrected chi connectivity index (χ0v) is 11.2. The van der Waals surface area contributed by atoms with Crippen LogP contribution in [0.1, 0.15) is 18.0 Å². The number of thiol groups is 1. The highest BCUT2D eigenvalue weighted by atomic mass is 32.1. The molecule has 1 aliphatic rings. The predicted molar refractivity (Wildman–Crippen MR) is 74.4 cm³/mol. The minimum absolute atomic E-state index is 0.510. The Hall–Kier alpha value is -0.580. The van der Waals surface area contributed by atoms with Crippen molar-refractivity contribution in [3.63, 3.8) is 0 Å². The first kappa shape index (κ1) is 12.9. The van der Waals surface area contributed by atoms with E-state index in [1.807, 2.05) is 18.5 Å². The lowest BCUT2D eigenvalue weighted by molar-refractivity contribution is 0.272. The Bertz CT molecular complexity index is 331. The van der Waals surface area contributed by atoms with E-state index in [-0.39, 0.29) is 0 Å². The van der Waals surface area contributed by atoms with Gasteiger partial charge in [0.2, 0.25) is 0 Å². The van der Waals surface area contributed by atoms with Gasteiger partial charge < -0.3 is 5.32 Å². The van der Waals surface area contributed by atoms with Crippen LogP contribution in [-0.2, 0) is 0 Å². The maximum absolute atomic E-state index is 4.24. The van der Waals surface area contributed by atoms with Crippen LogP contribution in [0.5, 0.6) is 0 Å². The van der Waals surface area contributed by atoms with Gasteiger partial charge in [0.05, 0.1) is 0 Å². The normalized spacial score (nSPS) is 25.3. The minimum Gasteiger partial charge on any atom is -0.316 e. The SMILES string of the molecule is CN1CC[C@H](CNCCS)[C@H]1c1cccnc1. The van der Waals surface area contributed by atoms with Crippen molar-refractivity contribution in [2.24, 2.45) is 5.92 Å². The van der Waals surface area contributed by atoms with Crippen molar-refractivity contribution < 1.29 is 0 Å². The molecule has 0 spiro atoms. The fourth-order valence-electron chi connectivity index (χ4n) is 2.68. The predicted octanol–water partition coefficient (Wildman–Crippen LogP) is 1.59. The maximum Gasteiger partial charge on any atom is 0.0401 e. The Morgan fingerprint density at radius 3 is 3.18 bits per heavy atom. The van der Waals surface area contributed by atoms with Crippen LogP contribution in [0.15, 0.2) is 24.5 Å². The number of hydrogen-bond acceptors (Lipinski definition) is 4. The van der Waals surface area contributed by atoms with Crippen molar-refractivity contribution in [3.05, 3.63) is 30.1 Å². The summed E-state index contributed by atoms with van der Waals surface area (Å²) in [5, 5.41) is 3.47. The van der Waals surface area contributed by atoms with E-state index in [2.05, 4.69) is 40.9 Å². The molecule has 0 amide bonds. The number of hydrogen-bond donors (Lipinski definition) is 2. The Balaban J connectivity index is 2.01. The van der Waals surface area contributed by atoms with Gasteiger partial charge in [-0.05, 0) is 44.1 Å². The van der Waals surface area contributed by atoms with Crippen LogP contribution in [0, 0.1) is 5.92 Å². The van der Waals surface area contributed by atoms with Gasteiger partial charge in [0.25, 0.3) is 0 Å².